The summed E-state index contributed by atoms with van der Waals surface area (Å²) in [5, 5.41) is 12.7. The summed E-state index contributed by atoms with van der Waals surface area (Å²) in [5.74, 6) is 0.618. The van der Waals surface area contributed by atoms with E-state index in [1.165, 1.54) is 0 Å². The second-order valence-corrected chi connectivity index (χ2v) is 8.65. The molecule has 0 amide bonds. The van der Waals surface area contributed by atoms with E-state index in [4.69, 9.17) is 21.1 Å². The predicted octanol–water partition coefficient (Wildman–Crippen LogP) is 3.59. The molecule has 2 heterocycles. The van der Waals surface area contributed by atoms with Gasteiger partial charge in [-0.15, -0.1) is 0 Å². The topological polar surface area (TPSA) is 58.1 Å². The van der Waals surface area contributed by atoms with E-state index in [0.29, 0.717) is 37.1 Å². The Hall–Kier alpha value is -2.22. The number of aliphatic hydroxyl groups is 1. The molecule has 1 fully saturated rings. The summed E-state index contributed by atoms with van der Waals surface area (Å²) in [6.07, 6.45) is -0.472. The van der Waals surface area contributed by atoms with Gasteiger partial charge in [0, 0.05) is 55.2 Å². The first kappa shape index (κ1) is 23.0. The molecular formula is C25H30ClN3O3. The van der Waals surface area contributed by atoms with E-state index in [1.807, 2.05) is 42.5 Å². The summed E-state index contributed by atoms with van der Waals surface area (Å²) in [6, 6.07) is 18.0. The van der Waals surface area contributed by atoms with Crippen molar-refractivity contribution in [3.63, 3.8) is 0 Å². The lowest BCUT2D eigenvalue weighted by molar-refractivity contribution is 0.00550. The van der Waals surface area contributed by atoms with Crippen LogP contribution < -0.4 is 4.74 Å². The quantitative estimate of drug-likeness (QED) is 0.532. The minimum absolute atomic E-state index is 0.472. The molecule has 1 aliphatic heterocycles. The highest BCUT2D eigenvalue weighted by Crippen LogP contribution is 2.24. The maximum atomic E-state index is 10.9. The summed E-state index contributed by atoms with van der Waals surface area (Å²) < 4.78 is 11.0. The number of methoxy groups -OCH3 is 1. The molecule has 4 rings (SSSR count). The number of hydrogen-bond acceptors (Lipinski definition) is 6. The van der Waals surface area contributed by atoms with Gasteiger partial charge < -0.3 is 14.6 Å². The molecule has 1 aliphatic rings. The van der Waals surface area contributed by atoms with Crippen LogP contribution in [0.3, 0.4) is 0 Å². The minimum Gasteiger partial charge on any atom is -0.481 e. The third kappa shape index (κ3) is 6.18. The number of β-amino-alcohol motifs (C(OH)–C–C–N with tert-alkyl or cyclic N) is 1. The van der Waals surface area contributed by atoms with Gasteiger partial charge in [-0.3, -0.25) is 9.80 Å². The van der Waals surface area contributed by atoms with Gasteiger partial charge in [0.25, 0.3) is 0 Å². The summed E-state index contributed by atoms with van der Waals surface area (Å²) >= 11 is 6.07. The van der Waals surface area contributed by atoms with Crippen molar-refractivity contribution in [2.75, 3.05) is 46.5 Å². The Labute approximate surface area is 194 Å². The number of halogens is 1. The second-order valence-electron chi connectivity index (χ2n) is 8.21. The lowest BCUT2D eigenvalue weighted by atomic mass is 10.1. The van der Waals surface area contributed by atoms with E-state index in [2.05, 4.69) is 26.9 Å². The molecule has 170 valence electrons. The molecule has 32 heavy (non-hydrogen) atoms. The van der Waals surface area contributed by atoms with Crippen molar-refractivity contribution in [2.45, 2.75) is 19.2 Å². The smallest absolute Gasteiger partial charge is 0.218 e. The van der Waals surface area contributed by atoms with Crippen molar-refractivity contribution in [3.05, 3.63) is 70.7 Å². The van der Waals surface area contributed by atoms with Gasteiger partial charge in [0.15, 0.2) is 0 Å². The van der Waals surface area contributed by atoms with Gasteiger partial charge in [-0.05, 0) is 29.8 Å². The lowest BCUT2D eigenvalue weighted by Crippen LogP contribution is -2.44. The molecule has 0 spiro atoms. The summed E-state index contributed by atoms with van der Waals surface area (Å²) in [7, 11) is 1.65. The Morgan fingerprint density at radius 3 is 2.62 bits per heavy atom. The highest BCUT2D eigenvalue weighted by molar-refractivity contribution is 6.30. The Kier molecular flexibility index (Phi) is 7.95. The van der Waals surface area contributed by atoms with E-state index < -0.39 is 6.10 Å². The zero-order valence-corrected chi connectivity index (χ0v) is 19.2. The Balaban J connectivity index is 1.53. The fourth-order valence-corrected chi connectivity index (χ4v) is 4.27. The number of para-hydroxylation sites is 1. The van der Waals surface area contributed by atoms with Crippen LogP contribution in [0.15, 0.2) is 54.6 Å². The van der Waals surface area contributed by atoms with Crippen molar-refractivity contribution >= 4 is 22.5 Å². The number of pyridine rings is 1. The monoisotopic (exact) mass is 455 g/mol. The third-order valence-electron chi connectivity index (χ3n) is 5.71. The van der Waals surface area contributed by atoms with Gasteiger partial charge in [0.2, 0.25) is 5.88 Å². The fraction of sp³-hybridized carbons (Fsp3) is 0.400. The molecular weight excluding hydrogens is 426 g/mol. The first-order valence-corrected chi connectivity index (χ1v) is 11.4. The van der Waals surface area contributed by atoms with Crippen LogP contribution in [0.4, 0.5) is 0 Å². The molecule has 0 aliphatic carbocycles. The van der Waals surface area contributed by atoms with Gasteiger partial charge in [0.1, 0.15) is 0 Å². The SMILES string of the molecule is COc1nc2ccccc2cc1CN(Cc1ccc(Cl)cc1)CC(O)CN1CCOCC1. The maximum Gasteiger partial charge on any atom is 0.218 e. The molecule has 1 saturated heterocycles. The van der Waals surface area contributed by atoms with E-state index in [0.717, 1.165) is 48.3 Å². The molecule has 1 atom stereocenters. The molecule has 1 unspecified atom stereocenters. The van der Waals surface area contributed by atoms with Crippen LogP contribution in [0.5, 0.6) is 5.88 Å². The number of nitrogens with zero attached hydrogens (tertiary/aromatic N) is 3. The summed E-state index contributed by atoms with van der Waals surface area (Å²) in [5.41, 5.74) is 3.05. The van der Waals surface area contributed by atoms with Gasteiger partial charge in [0.05, 0.1) is 31.9 Å². The minimum atomic E-state index is -0.472. The number of benzene rings is 2. The Morgan fingerprint density at radius 2 is 1.88 bits per heavy atom. The molecule has 0 saturated carbocycles. The average Bonchev–Trinajstić information content (AvgIpc) is 2.80. The molecule has 3 aromatic rings. The van der Waals surface area contributed by atoms with E-state index in [1.54, 1.807) is 7.11 Å². The lowest BCUT2D eigenvalue weighted by Gasteiger charge is -2.31. The number of ether oxygens (including phenoxy) is 2. The van der Waals surface area contributed by atoms with E-state index in [9.17, 15) is 5.11 Å². The first-order valence-electron chi connectivity index (χ1n) is 11.0. The van der Waals surface area contributed by atoms with Gasteiger partial charge in [-0.1, -0.05) is 41.9 Å². The predicted molar refractivity (Wildman–Crippen MR) is 127 cm³/mol. The van der Waals surface area contributed by atoms with Crippen LogP contribution in [-0.4, -0.2) is 72.5 Å². The van der Waals surface area contributed by atoms with Crippen molar-refractivity contribution in [1.82, 2.24) is 14.8 Å². The van der Waals surface area contributed by atoms with Gasteiger partial charge >= 0.3 is 0 Å². The first-order chi connectivity index (χ1) is 15.6. The Bertz CT molecular complexity index is 1010. The Morgan fingerprint density at radius 1 is 1.12 bits per heavy atom. The number of aromatic nitrogens is 1. The molecule has 0 radical (unpaired) electrons. The molecule has 0 bridgehead atoms. The number of rotatable bonds is 9. The largest absolute Gasteiger partial charge is 0.481 e. The van der Waals surface area contributed by atoms with Crippen molar-refractivity contribution in [1.29, 1.82) is 0 Å². The zero-order chi connectivity index (χ0) is 22.3. The zero-order valence-electron chi connectivity index (χ0n) is 18.4. The molecule has 7 heteroatoms. The van der Waals surface area contributed by atoms with Crippen LogP contribution in [0.1, 0.15) is 11.1 Å². The highest BCUT2D eigenvalue weighted by atomic mass is 35.5. The second kappa shape index (κ2) is 11.1. The molecule has 2 aromatic carbocycles. The highest BCUT2D eigenvalue weighted by Gasteiger charge is 2.20. The van der Waals surface area contributed by atoms with Crippen LogP contribution in [-0.2, 0) is 17.8 Å². The summed E-state index contributed by atoms with van der Waals surface area (Å²) in [6.45, 7) is 5.64. The third-order valence-corrected chi connectivity index (χ3v) is 5.96. The van der Waals surface area contributed by atoms with E-state index in [-0.39, 0.29) is 0 Å². The summed E-state index contributed by atoms with van der Waals surface area (Å²) in [4.78, 5) is 9.18. The number of fused-ring (bicyclic) bond motifs is 1. The van der Waals surface area contributed by atoms with Crippen LogP contribution >= 0.6 is 11.6 Å². The maximum absolute atomic E-state index is 10.9. The molecule has 1 N–H and O–H groups in total. The van der Waals surface area contributed by atoms with Crippen LogP contribution in [0.25, 0.3) is 10.9 Å². The van der Waals surface area contributed by atoms with E-state index >= 15 is 0 Å². The molecule has 1 aromatic heterocycles. The van der Waals surface area contributed by atoms with Gasteiger partial charge in [-0.25, -0.2) is 4.98 Å². The van der Waals surface area contributed by atoms with Crippen molar-refractivity contribution in [2.24, 2.45) is 0 Å². The van der Waals surface area contributed by atoms with Gasteiger partial charge in [-0.2, -0.15) is 0 Å². The number of morpholine rings is 1. The van der Waals surface area contributed by atoms with Crippen molar-refractivity contribution < 1.29 is 14.6 Å². The normalized spacial score (nSPS) is 15.9. The number of aliphatic hydroxyl groups excluding tert-OH is 1. The van der Waals surface area contributed by atoms with Crippen LogP contribution in [0.2, 0.25) is 5.02 Å². The van der Waals surface area contributed by atoms with Crippen molar-refractivity contribution in [3.8, 4) is 5.88 Å². The standard InChI is InChI=1S/C25H30ClN3O3/c1-31-25-21(14-20-4-2-3-5-24(20)27-25)16-29(15-19-6-8-22(26)9-7-19)18-23(30)17-28-10-12-32-13-11-28/h2-9,14,23,30H,10-13,15-18H2,1H3. The fourth-order valence-electron chi connectivity index (χ4n) is 4.14. The van der Waals surface area contributed by atoms with Crippen LogP contribution in [0, 0.1) is 0 Å². The average molecular weight is 456 g/mol. The molecule has 6 nitrogen and oxygen atoms in total. The number of hydrogen-bond donors (Lipinski definition) is 1.